The number of rotatable bonds is 5. The second-order valence-corrected chi connectivity index (χ2v) is 5.01. The van der Waals surface area contributed by atoms with Gasteiger partial charge in [-0.25, -0.2) is 14.4 Å². The largest absolute Gasteiger partial charge is 0.496 e. The van der Waals surface area contributed by atoms with Crippen LogP contribution in [0.3, 0.4) is 0 Å². The molecule has 0 radical (unpaired) electrons. The lowest BCUT2D eigenvalue weighted by Gasteiger charge is -2.12. The summed E-state index contributed by atoms with van der Waals surface area (Å²) in [5, 5.41) is 26.5. The van der Waals surface area contributed by atoms with Crippen LogP contribution in [0.25, 0.3) is 0 Å². The molecular weight excluding hydrogens is 263 g/mol. The second-order valence-electron chi connectivity index (χ2n) is 3.09. The van der Waals surface area contributed by atoms with E-state index in [4.69, 9.17) is 20.1 Å². The SMILES string of the molecule is COc1cc(C(=O)O)ccc1P(C(=O)O)C(=O)O. The quantitative estimate of drug-likeness (QED) is 0.699. The first-order chi connectivity index (χ1) is 8.38. The minimum absolute atomic E-state index is 0.0440. The fourth-order valence-electron chi connectivity index (χ4n) is 1.28. The molecule has 0 aliphatic rings. The molecule has 0 unspecified atom stereocenters. The van der Waals surface area contributed by atoms with Crippen LogP contribution < -0.4 is 10.0 Å². The summed E-state index contributed by atoms with van der Waals surface area (Å²) in [6, 6.07) is 3.39. The van der Waals surface area contributed by atoms with Gasteiger partial charge in [-0.05, 0) is 18.2 Å². The van der Waals surface area contributed by atoms with Crippen molar-refractivity contribution in [2.75, 3.05) is 7.11 Å². The van der Waals surface area contributed by atoms with Crippen molar-refractivity contribution in [3.8, 4) is 5.75 Å². The molecule has 0 aliphatic heterocycles. The van der Waals surface area contributed by atoms with Gasteiger partial charge in [0, 0.05) is 5.30 Å². The fourth-order valence-corrected chi connectivity index (χ4v) is 2.46. The topological polar surface area (TPSA) is 121 Å². The van der Waals surface area contributed by atoms with Gasteiger partial charge in [0.1, 0.15) is 5.75 Å². The number of methoxy groups -OCH3 is 1. The average molecular weight is 272 g/mol. The van der Waals surface area contributed by atoms with Crippen molar-refractivity contribution >= 4 is 30.6 Å². The van der Waals surface area contributed by atoms with E-state index in [0.29, 0.717) is 0 Å². The zero-order chi connectivity index (χ0) is 13.9. The number of aromatic carboxylic acids is 1. The summed E-state index contributed by atoms with van der Waals surface area (Å²) >= 11 is 0. The molecule has 0 spiro atoms. The van der Waals surface area contributed by atoms with Crippen LogP contribution in [-0.4, -0.2) is 39.8 Å². The molecule has 0 atom stereocenters. The van der Waals surface area contributed by atoms with Crippen molar-refractivity contribution in [3.05, 3.63) is 23.8 Å². The molecule has 1 rings (SSSR count). The summed E-state index contributed by atoms with van der Waals surface area (Å²) in [6.07, 6.45) is 0. The Morgan fingerprint density at radius 1 is 1.11 bits per heavy atom. The van der Waals surface area contributed by atoms with E-state index in [-0.39, 0.29) is 16.6 Å². The van der Waals surface area contributed by atoms with Crippen LogP contribution in [0.15, 0.2) is 18.2 Å². The predicted octanol–water partition coefficient (Wildman–Crippen LogP) is 1.86. The fraction of sp³-hybridized carbons (Fsp3) is 0.100. The lowest BCUT2D eigenvalue weighted by Crippen LogP contribution is -2.16. The van der Waals surface area contributed by atoms with Crippen molar-refractivity contribution < 1.29 is 34.4 Å². The van der Waals surface area contributed by atoms with Crippen molar-refractivity contribution in [1.29, 1.82) is 0 Å². The number of hydrogen-bond donors (Lipinski definition) is 3. The van der Waals surface area contributed by atoms with E-state index in [1.165, 1.54) is 7.11 Å². The van der Waals surface area contributed by atoms with E-state index in [0.717, 1.165) is 18.2 Å². The van der Waals surface area contributed by atoms with Gasteiger partial charge in [0.05, 0.1) is 12.7 Å². The number of carbonyl (C=O) groups is 3. The van der Waals surface area contributed by atoms with Crippen LogP contribution >= 0.6 is 7.92 Å². The zero-order valence-corrected chi connectivity index (χ0v) is 10.0. The van der Waals surface area contributed by atoms with Crippen molar-refractivity contribution in [2.45, 2.75) is 0 Å². The molecule has 0 saturated heterocycles. The summed E-state index contributed by atoms with van der Waals surface area (Å²) < 4.78 is 4.84. The minimum Gasteiger partial charge on any atom is -0.496 e. The first-order valence-corrected chi connectivity index (χ1v) is 5.90. The van der Waals surface area contributed by atoms with E-state index >= 15 is 0 Å². The third kappa shape index (κ3) is 2.75. The molecular formula is C10H9O7P. The highest BCUT2D eigenvalue weighted by Gasteiger charge is 2.31. The smallest absolute Gasteiger partial charge is 0.340 e. The number of ether oxygens (including phenoxy) is 1. The third-order valence-corrected chi connectivity index (χ3v) is 3.67. The Bertz CT molecular complexity index is 497. The summed E-state index contributed by atoms with van der Waals surface area (Å²) in [5.41, 5.74) is -3.08. The molecule has 0 aromatic heterocycles. The lowest BCUT2D eigenvalue weighted by molar-refractivity contribution is 0.0696. The van der Waals surface area contributed by atoms with E-state index in [2.05, 4.69) is 0 Å². The predicted molar refractivity (Wildman–Crippen MR) is 62.6 cm³/mol. The summed E-state index contributed by atoms with van der Waals surface area (Å²) in [7, 11) is -1.31. The number of carboxylic acids is 1. The minimum atomic E-state index is -2.52. The van der Waals surface area contributed by atoms with Crippen LogP contribution in [0, 0.1) is 0 Å². The van der Waals surface area contributed by atoms with Crippen molar-refractivity contribution in [3.63, 3.8) is 0 Å². The first-order valence-electron chi connectivity index (χ1n) is 4.55. The molecule has 0 heterocycles. The molecule has 1 aromatic carbocycles. The summed E-state index contributed by atoms with van der Waals surface area (Å²) in [4.78, 5) is 32.5. The Labute approximate surface area is 102 Å². The normalized spacial score (nSPS) is 10.1. The third-order valence-electron chi connectivity index (χ3n) is 2.05. The van der Waals surface area contributed by atoms with Gasteiger partial charge in [0.15, 0.2) is 7.92 Å². The van der Waals surface area contributed by atoms with E-state index < -0.39 is 25.3 Å². The molecule has 8 heteroatoms. The number of hydrogen-bond acceptors (Lipinski definition) is 4. The van der Waals surface area contributed by atoms with Crippen molar-refractivity contribution in [2.24, 2.45) is 0 Å². The van der Waals surface area contributed by atoms with E-state index in [9.17, 15) is 14.4 Å². The molecule has 18 heavy (non-hydrogen) atoms. The molecule has 0 fully saturated rings. The average Bonchev–Trinajstić information content (AvgIpc) is 2.28. The Balaban J connectivity index is 3.35. The Kier molecular flexibility index (Phi) is 4.23. The van der Waals surface area contributed by atoms with E-state index in [1.807, 2.05) is 0 Å². The van der Waals surface area contributed by atoms with E-state index in [1.54, 1.807) is 0 Å². The highest BCUT2D eigenvalue weighted by molar-refractivity contribution is 7.94. The van der Waals surface area contributed by atoms with Gasteiger partial charge in [-0.1, -0.05) is 0 Å². The molecule has 96 valence electrons. The first kappa shape index (κ1) is 13.9. The molecule has 0 saturated carbocycles. The Hall–Kier alpha value is -2.14. The number of benzene rings is 1. The van der Waals surface area contributed by atoms with Crippen LogP contribution in [0.5, 0.6) is 5.75 Å². The summed E-state index contributed by atoms with van der Waals surface area (Å²) in [6.45, 7) is 0. The van der Waals surface area contributed by atoms with Crippen molar-refractivity contribution in [1.82, 2.24) is 0 Å². The second kappa shape index (κ2) is 5.46. The monoisotopic (exact) mass is 272 g/mol. The maximum Gasteiger partial charge on any atom is 0.340 e. The zero-order valence-electron chi connectivity index (χ0n) is 9.15. The van der Waals surface area contributed by atoms with Crippen LogP contribution in [0.4, 0.5) is 9.59 Å². The molecule has 3 N–H and O–H groups in total. The number of carboxylic acid groups (broad SMARTS) is 3. The summed E-state index contributed by atoms with van der Waals surface area (Å²) in [5.74, 6) is -1.28. The standard InChI is InChI=1S/C10H9O7P/c1-17-6-4-5(8(11)12)2-3-7(6)18(9(13)14)10(15)16/h2-4H,1H3,(H,11,12)(H,13,14)(H,15,16). The van der Waals surface area contributed by atoms with Crippen LogP contribution in [0.1, 0.15) is 10.4 Å². The van der Waals surface area contributed by atoms with Gasteiger partial charge in [0.25, 0.3) is 0 Å². The van der Waals surface area contributed by atoms with Gasteiger partial charge >= 0.3 is 17.4 Å². The highest BCUT2D eigenvalue weighted by atomic mass is 31.1. The molecule has 7 nitrogen and oxygen atoms in total. The maximum atomic E-state index is 10.9. The van der Waals surface area contributed by atoms with Gasteiger partial charge in [-0.3, -0.25) is 0 Å². The van der Waals surface area contributed by atoms with Gasteiger partial charge in [-0.2, -0.15) is 0 Å². The maximum absolute atomic E-state index is 10.9. The lowest BCUT2D eigenvalue weighted by atomic mass is 10.2. The van der Waals surface area contributed by atoms with Gasteiger partial charge < -0.3 is 20.1 Å². The molecule has 0 amide bonds. The Morgan fingerprint density at radius 3 is 2.06 bits per heavy atom. The highest BCUT2D eigenvalue weighted by Crippen LogP contribution is 2.39. The molecule has 0 bridgehead atoms. The molecule has 1 aromatic rings. The van der Waals surface area contributed by atoms with Gasteiger partial charge in [-0.15, -0.1) is 0 Å². The molecule has 0 aliphatic carbocycles. The van der Waals surface area contributed by atoms with Crippen LogP contribution in [-0.2, 0) is 0 Å². The Morgan fingerprint density at radius 2 is 1.67 bits per heavy atom. The van der Waals surface area contributed by atoms with Crippen LogP contribution in [0.2, 0.25) is 0 Å². The van der Waals surface area contributed by atoms with Gasteiger partial charge in [0.2, 0.25) is 0 Å².